The van der Waals surface area contributed by atoms with E-state index < -0.39 is 0 Å². The van der Waals surface area contributed by atoms with Crippen molar-refractivity contribution >= 4 is 24.8 Å². The summed E-state index contributed by atoms with van der Waals surface area (Å²) in [4.78, 5) is 2.32. The van der Waals surface area contributed by atoms with Gasteiger partial charge in [-0.2, -0.15) is 5.57 Å². The Morgan fingerprint density at radius 2 is 1.43 bits per heavy atom. The first-order valence-electron chi connectivity index (χ1n) is 8.10. The van der Waals surface area contributed by atoms with Crippen LogP contribution in [0, 0.1) is 16.9 Å². The maximum absolute atomic E-state index is 3.74. The fraction of sp³-hybridized carbons (Fsp3) is 0.789. The second-order valence-corrected chi connectivity index (χ2v) is 7.74. The van der Waals surface area contributed by atoms with Crippen LogP contribution in [0.4, 0.5) is 0 Å². The van der Waals surface area contributed by atoms with Crippen LogP contribution in [0.5, 0.6) is 0 Å². The molecule has 1 unspecified atom stereocenters. The number of halogens is 2. The summed E-state index contributed by atoms with van der Waals surface area (Å²) in [5.74, 6) is 0. The Morgan fingerprint density at radius 1 is 1.00 bits per heavy atom. The minimum atomic E-state index is 0. The molecule has 0 fully saturated rings. The van der Waals surface area contributed by atoms with Gasteiger partial charge in [0.05, 0.1) is 0 Å². The number of likely N-dealkylation sites (N-methyl/N-ethyl adjacent to an activating group) is 1. The van der Waals surface area contributed by atoms with Crippen LogP contribution in [-0.2, 0) is 21.7 Å². The van der Waals surface area contributed by atoms with E-state index >= 15 is 0 Å². The zero-order valence-corrected chi connectivity index (χ0v) is 19.7. The molecular formula is C19H36Cl2NTi-. The van der Waals surface area contributed by atoms with Crippen molar-refractivity contribution in [2.75, 3.05) is 14.1 Å². The monoisotopic (exact) mass is 396 g/mol. The molecule has 0 aliphatic heterocycles. The van der Waals surface area contributed by atoms with Crippen molar-refractivity contribution in [1.82, 2.24) is 4.90 Å². The van der Waals surface area contributed by atoms with Crippen molar-refractivity contribution in [3.63, 3.8) is 0 Å². The molecule has 0 aromatic rings. The molecule has 23 heavy (non-hydrogen) atoms. The summed E-state index contributed by atoms with van der Waals surface area (Å²) >= 11 is 0. The van der Waals surface area contributed by atoms with Gasteiger partial charge >= 0.3 is 0 Å². The first-order valence-corrected chi connectivity index (χ1v) is 8.10. The van der Waals surface area contributed by atoms with E-state index in [1.165, 1.54) is 18.4 Å². The van der Waals surface area contributed by atoms with E-state index in [1.807, 2.05) is 0 Å². The Kier molecular flexibility index (Phi) is 13.2. The molecule has 1 nitrogen and oxygen atoms in total. The summed E-state index contributed by atoms with van der Waals surface area (Å²) in [6, 6.07) is 0.494. The molecule has 0 heterocycles. The standard InChI is InChI=1S/C19H34N.2ClH.Ti/c1-10-18(4,5)16-13-12-15(14(3)20(8)9)17(16)19(6,7)11-2;;;/h14H,10-12H2,1-9H3;2*1H;/q-1;;;. The predicted octanol–water partition coefficient (Wildman–Crippen LogP) is 6.08. The Balaban J connectivity index is -0.00000133. The number of hydrogen-bond donors (Lipinski definition) is 0. The van der Waals surface area contributed by atoms with Gasteiger partial charge in [0.25, 0.3) is 0 Å². The molecule has 0 saturated carbocycles. The Labute approximate surface area is 172 Å². The molecule has 1 aliphatic carbocycles. The summed E-state index contributed by atoms with van der Waals surface area (Å²) in [5, 5.41) is 0. The molecule has 0 aromatic heterocycles. The summed E-state index contributed by atoms with van der Waals surface area (Å²) in [6.07, 6.45) is 7.10. The normalized spacial score (nSPS) is 16.3. The maximum atomic E-state index is 3.74. The molecule has 0 spiro atoms. The largest absolute Gasteiger partial charge is 0.305 e. The van der Waals surface area contributed by atoms with Gasteiger partial charge in [0, 0.05) is 27.8 Å². The van der Waals surface area contributed by atoms with E-state index in [9.17, 15) is 0 Å². The minimum absolute atomic E-state index is 0. The average molecular weight is 397 g/mol. The van der Waals surface area contributed by atoms with Gasteiger partial charge in [-0.05, 0) is 32.9 Å². The third-order valence-electron chi connectivity index (χ3n) is 5.43. The molecule has 0 amide bonds. The van der Waals surface area contributed by atoms with Crippen molar-refractivity contribution in [3.8, 4) is 0 Å². The third kappa shape index (κ3) is 6.19. The van der Waals surface area contributed by atoms with Crippen LogP contribution in [0.1, 0.15) is 67.7 Å². The van der Waals surface area contributed by atoms with Gasteiger partial charge in [-0.1, -0.05) is 53.4 Å². The second-order valence-electron chi connectivity index (χ2n) is 7.74. The molecule has 136 valence electrons. The first kappa shape index (κ1) is 28.5. The van der Waals surface area contributed by atoms with Crippen LogP contribution in [0.3, 0.4) is 0 Å². The molecule has 4 heteroatoms. The Morgan fingerprint density at radius 3 is 1.78 bits per heavy atom. The van der Waals surface area contributed by atoms with Gasteiger partial charge in [0.15, 0.2) is 0 Å². The van der Waals surface area contributed by atoms with Crippen LogP contribution in [0.15, 0.2) is 16.7 Å². The zero-order valence-electron chi connectivity index (χ0n) is 16.5. The maximum Gasteiger partial charge on any atom is 0.0106 e. The number of nitrogens with zero attached hydrogens (tertiary/aromatic N) is 1. The van der Waals surface area contributed by atoms with Crippen molar-refractivity contribution in [3.05, 3.63) is 22.8 Å². The molecular weight excluding hydrogens is 361 g/mol. The molecule has 0 bridgehead atoms. The average Bonchev–Trinajstić information content (AvgIpc) is 2.83. The predicted molar refractivity (Wildman–Crippen MR) is 104 cm³/mol. The third-order valence-corrected chi connectivity index (χ3v) is 5.43. The van der Waals surface area contributed by atoms with E-state index in [-0.39, 0.29) is 57.4 Å². The van der Waals surface area contributed by atoms with Gasteiger partial charge in [-0.25, -0.2) is 5.57 Å². The smallest absolute Gasteiger partial charge is 0.0106 e. The van der Waals surface area contributed by atoms with Crippen LogP contribution in [0.25, 0.3) is 0 Å². The van der Waals surface area contributed by atoms with Gasteiger partial charge in [-0.3, -0.25) is 6.08 Å². The Bertz CT molecular complexity index is 423. The molecule has 0 saturated heterocycles. The van der Waals surface area contributed by atoms with Crippen molar-refractivity contribution < 1.29 is 21.7 Å². The summed E-state index contributed by atoms with van der Waals surface area (Å²) in [6.45, 7) is 16.4. The quantitative estimate of drug-likeness (QED) is 0.388. The van der Waals surface area contributed by atoms with E-state index in [2.05, 4.69) is 73.5 Å². The van der Waals surface area contributed by atoms with Gasteiger partial charge in [0.2, 0.25) is 0 Å². The van der Waals surface area contributed by atoms with Crippen molar-refractivity contribution in [2.45, 2.75) is 73.8 Å². The molecule has 0 radical (unpaired) electrons. The topological polar surface area (TPSA) is 3.24 Å². The number of hydrogen-bond acceptors (Lipinski definition) is 1. The van der Waals surface area contributed by atoms with Crippen LogP contribution < -0.4 is 0 Å². The van der Waals surface area contributed by atoms with Gasteiger partial charge in [-0.15, -0.1) is 36.8 Å². The zero-order chi connectivity index (χ0) is 15.7. The summed E-state index contributed by atoms with van der Waals surface area (Å²) in [5.41, 5.74) is 5.13. The first-order chi connectivity index (χ1) is 9.08. The Hall–Kier alpha value is 0.734. The van der Waals surface area contributed by atoms with E-state index in [0.29, 0.717) is 6.04 Å². The number of allylic oxidation sites excluding steroid dienone is 3. The fourth-order valence-electron chi connectivity index (χ4n) is 2.89. The fourth-order valence-corrected chi connectivity index (χ4v) is 2.89. The molecule has 1 atom stereocenters. The summed E-state index contributed by atoms with van der Waals surface area (Å²) < 4.78 is 0. The van der Waals surface area contributed by atoms with Crippen LogP contribution >= 0.6 is 24.8 Å². The minimum Gasteiger partial charge on any atom is -0.305 e. The summed E-state index contributed by atoms with van der Waals surface area (Å²) in [7, 11) is 4.36. The van der Waals surface area contributed by atoms with Crippen molar-refractivity contribution in [2.24, 2.45) is 10.8 Å². The van der Waals surface area contributed by atoms with E-state index in [1.54, 1.807) is 11.1 Å². The van der Waals surface area contributed by atoms with E-state index in [0.717, 1.165) is 6.42 Å². The van der Waals surface area contributed by atoms with Crippen molar-refractivity contribution in [1.29, 1.82) is 0 Å². The van der Waals surface area contributed by atoms with Gasteiger partial charge in [0.1, 0.15) is 0 Å². The van der Waals surface area contributed by atoms with Gasteiger partial charge < -0.3 is 4.90 Å². The molecule has 1 rings (SSSR count). The SMILES string of the molecule is CCC(C)(C)C1=[C-]CC(C(C)N(C)C)=C1C(C)(C)CC.Cl.Cl.[Ti]. The van der Waals surface area contributed by atoms with E-state index in [4.69, 9.17) is 0 Å². The molecule has 1 aliphatic rings. The van der Waals surface area contributed by atoms with Crippen LogP contribution in [0.2, 0.25) is 0 Å². The second kappa shape index (κ2) is 10.7. The van der Waals surface area contributed by atoms with Crippen LogP contribution in [-0.4, -0.2) is 25.0 Å². The molecule has 0 N–H and O–H groups in total. The molecule has 0 aromatic carbocycles. The number of rotatable bonds is 6.